The summed E-state index contributed by atoms with van der Waals surface area (Å²) < 4.78 is 10.3. The van der Waals surface area contributed by atoms with E-state index in [1.165, 1.54) is 17.4 Å². The Kier molecular flexibility index (Phi) is 5.49. The maximum Gasteiger partial charge on any atom is 0.343 e. The number of benzene rings is 2. The molecular weight excluding hydrogens is 348 g/mol. The van der Waals surface area contributed by atoms with E-state index in [0.717, 1.165) is 21.8 Å². The van der Waals surface area contributed by atoms with Gasteiger partial charge in [0.25, 0.3) is 0 Å². The lowest BCUT2D eigenvalue weighted by Gasteiger charge is -2.10. The number of ether oxygens (including phenoxy) is 2. The molecule has 0 bridgehead atoms. The lowest BCUT2D eigenvalue weighted by Crippen LogP contribution is -2.17. The average molecular weight is 366 g/mol. The van der Waals surface area contributed by atoms with Crippen LogP contribution in [0.2, 0.25) is 0 Å². The maximum atomic E-state index is 12.7. The van der Waals surface area contributed by atoms with Gasteiger partial charge in [-0.1, -0.05) is 30.3 Å². The molecule has 26 heavy (non-hydrogen) atoms. The molecule has 132 valence electrons. The predicted molar refractivity (Wildman–Crippen MR) is 104 cm³/mol. The van der Waals surface area contributed by atoms with Gasteiger partial charge in [-0.15, -0.1) is 11.3 Å². The van der Waals surface area contributed by atoms with E-state index in [1.807, 2.05) is 54.6 Å². The van der Waals surface area contributed by atoms with Crippen molar-refractivity contribution in [2.75, 3.05) is 13.7 Å². The van der Waals surface area contributed by atoms with Gasteiger partial charge in [0.05, 0.1) is 18.6 Å². The van der Waals surface area contributed by atoms with Crippen LogP contribution in [0.15, 0.2) is 65.5 Å². The highest BCUT2D eigenvalue weighted by Gasteiger charge is 2.20. The van der Waals surface area contributed by atoms with Crippen LogP contribution < -0.4 is 10.2 Å². The molecule has 0 unspecified atom stereocenters. The Morgan fingerprint density at radius 1 is 1.00 bits per heavy atom. The second kappa shape index (κ2) is 7.97. The maximum absolute atomic E-state index is 12.7. The van der Waals surface area contributed by atoms with E-state index in [4.69, 9.17) is 9.47 Å². The molecule has 0 amide bonds. The number of methoxy groups -OCH3 is 1. The Morgan fingerprint density at radius 2 is 1.69 bits per heavy atom. The van der Waals surface area contributed by atoms with Crippen molar-refractivity contribution in [2.45, 2.75) is 6.92 Å². The second-order valence-corrected chi connectivity index (χ2v) is 6.55. The van der Waals surface area contributed by atoms with E-state index < -0.39 is 5.97 Å². The fraction of sp³-hybridized carbons (Fsp3) is 0.143. The van der Waals surface area contributed by atoms with Gasteiger partial charge in [-0.2, -0.15) is 0 Å². The van der Waals surface area contributed by atoms with Crippen LogP contribution in [0.25, 0.3) is 20.9 Å². The first-order valence-electron chi connectivity index (χ1n) is 8.19. The van der Waals surface area contributed by atoms with Crippen molar-refractivity contribution in [3.63, 3.8) is 0 Å². The van der Waals surface area contributed by atoms with E-state index in [-0.39, 0.29) is 17.6 Å². The fourth-order valence-corrected chi connectivity index (χ4v) is 3.76. The SMILES string of the molecule is CCOC(=O)c1c(-c2ccccc2)sc(-c2ccc(OC)cc2)cc1=O. The zero-order chi connectivity index (χ0) is 18.5. The molecule has 0 atom stereocenters. The quantitative estimate of drug-likeness (QED) is 0.618. The monoisotopic (exact) mass is 366 g/mol. The molecule has 5 heteroatoms. The van der Waals surface area contributed by atoms with Gasteiger partial charge in [-0.25, -0.2) is 4.79 Å². The van der Waals surface area contributed by atoms with E-state index >= 15 is 0 Å². The summed E-state index contributed by atoms with van der Waals surface area (Å²) >= 11 is 1.40. The summed E-state index contributed by atoms with van der Waals surface area (Å²) in [4.78, 5) is 26.5. The summed E-state index contributed by atoms with van der Waals surface area (Å²) in [6.07, 6.45) is 0. The lowest BCUT2D eigenvalue weighted by atomic mass is 10.1. The standard InChI is InChI=1S/C21H18O4S/c1-3-25-21(23)19-17(22)13-18(14-9-11-16(24-2)12-10-14)26-20(19)15-7-5-4-6-8-15/h4-13H,3H2,1-2H3. The van der Waals surface area contributed by atoms with Crippen LogP contribution >= 0.6 is 11.3 Å². The van der Waals surface area contributed by atoms with Crippen molar-refractivity contribution >= 4 is 17.3 Å². The number of hydrogen-bond donors (Lipinski definition) is 0. The van der Waals surface area contributed by atoms with Gasteiger partial charge < -0.3 is 9.47 Å². The minimum absolute atomic E-state index is 0.0836. The minimum atomic E-state index is -0.589. The minimum Gasteiger partial charge on any atom is -0.497 e. The molecule has 0 N–H and O–H groups in total. The van der Waals surface area contributed by atoms with Crippen LogP contribution in [0.3, 0.4) is 0 Å². The van der Waals surface area contributed by atoms with Gasteiger partial charge in [0, 0.05) is 10.9 Å². The first-order valence-corrected chi connectivity index (χ1v) is 9.00. The van der Waals surface area contributed by atoms with Crippen LogP contribution in [0.1, 0.15) is 17.3 Å². The number of rotatable bonds is 5. The van der Waals surface area contributed by atoms with Crippen molar-refractivity contribution in [1.82, 2.24) is 0 Å². The average Bonchev–Trinajstić information content (AvgIpc) is 2.68. The van der Waals surface area contributed by atoms with Crippen LogP contribution in [-0.4, -0.2) is 19.7 Å². The zero-order valence-corrected chi connectivity index (χ0v) is 15.3. The molecule has 3 aromatic rings. The highest BCUT2D eigenvalue weighted by atomic mass is 32.1. The van der Waals surface area contributed by atoms with Crippen molar-refractivity contribution < 1.29 is 14.3 Å². The number of esters is 1. The van der Waals surface area contributed by atoms with Gasteiger partial charge in [0.15, 0.2) is 5.43 Å². The molecule has 0 saturated heterocycles. The fourth-order valence-electron chi connectivity index (χ4n) is 2.58. The van der Waals surface area contributed by atoms with Gasteiger partial charge >= 0.3 is 5.97 Å². The Hall–Kier alpha value is -2.92. The third kappa shape index (κ3) is 3.68. The van der Waals surface area contributed by atoms with Gasteiger partial charge in [-0.05, 0) is 42.3 Å². The molecule has 1 aromatic heterocycles. The van der Waals surface area contributed by atoms with E-state index in [9.17, 15) is 9.59 Å². The molecule has 0 saturated carbocycles. The lowest BCUT2D eigenvalue weighted by molar-refractivity contribution is 0.0526. The van der Waals surface area contributed by atoms with Crippen LogP contribution in [-0.2, 0) is 4.74 Å². The topological polar surface area (TPSA) is 52.6 Å². The summed E-state index contributed by atoms with van der Waals surface area (Å²) in [5.74, 6) is 0.154. The first-order chi connectivity index (χ1) is 12.6. The van der Waals surface area contributed by atoms with Crippen LogP contribution in [0.5, 0.6) is 5.75 Å². The summed E-state index contributed by atoms with van der Waals surface area (Å²) in [6, 6.07) is 18.4. The van der Waals surface area contributed by atoms with Crippen molar-refractivity contribution in [2.24, 2.45) is 0 Å². The third-order valence-electron chi connectivity index (χ3n) is 3.84. The highest BCUT2D eigenvalue weighted by Crippen LogP contribution is 2.34. The van der Waals surface area contributed by atoms with Gasteiger partial charge in [0.2, 0.25) is 0 Å². The second-order valence-electron chi connectivity index (χ2n) is 5.49. The summed E-state index contributed by atoms with van der Waals surface area (Å²) in [7, 11) is 1.61. The van der Waals surface area contributed by atoms with Gasteiger partial charge in [-0.3, -0.25) is 4.79 Å². The Bertz CT molecular complexity index is 960. The smallest absolute Gasteiger partial charge is 0.343 e. The van der Waals surface area contributed by atoms with E-state index in [2.05, 4.69) is 0 Å². The number of carbonyl (C=O) groups excluding carboxylic acids is 1. The molecule has 0 spiro atoms. The first kappa shape index (κ1) is 17.9. The molecule has 3 rings (SSSR count). The molecule has 0 fully saturated rings. The van der Waals surface area contributed by atoms with Crippen molar-refractivity contribution in [3.8, 4) is 26.6 Å². The van der Waals surface area contributed by atoms with E-state index in [0.29, 0.717) is 4.88 Å². The summed E-state index contributed by atoms with van der Waals surface area (Å²) in [5, 5.41) is 0. The Labute approximate surface area is 155 Å². The third-order valence-corrected chi connectivity index (χ3v) is 5.06. The van der Waals surface area contributed by atoms with Gasteiger partial charge in [0.1, 0.15) is 11.3 Å². The molecule has 0 aliphatic heterocycles. The molecule has 0 aliphatic rings. The molecule has 4 nitrogen and oxygen atoms in total. The molecule has 2 aromatic carbocycles. The molecule has 0 aliphatic carbocycles. The predicted octanol–water partition coefficient (Wildman–Crippen LogP) is 4.63. The largest absolute Gasteiger partial charge is 0.497 e. The van der Waals surface area contributed by atoms with Crippen LogP contribution in [0, 0.1) is 0 Å². The number of carbonyl (C=O) groups is 1. The van der Waals surface area contributed by atoms with Crippen LogP contribution in [0.4, 0.5) is 0 Å². The molecule has 1 heterocycles. The normalized spacial score (nSPS) is 10.4. The zero-order valence-electron chi connectivity index (χ0n) is 14.5. The van der Waals surface area contributed by atoms with E-state index in [1.54, 1.807) is 14.0 Å². The van der Waals surface area contributed by atoms with Crippen molar-refractivity contribution in [1.29, 1.82) is 0 Å². The van der Waals surface area contributed by atoms with Crippen molar-refractivity contribution in [3.05, 3.63) is 76.5 Å². The molecular formula is C21H18O4S. The molecule has 0 radical (unpaired) electrons. The summed E-state index contributed by atoms with van der Waals surface area (Å²) in [5.41, 5.74) is 1.45. The Morgan fingerprint density at radius 3 is 2.31 bits per heavy atom. The summed E-state index contributed by atoms with van der Waals surface area (Å²) in [6.45, 7) is 1.94. The highest BCUT2D eigenvalue weighted by molar-refractivity contribution is 7.18. The number of hydrogen-bond acceptors (Lipinski definition) is 5. The Balaban J connectivity index is 2.18.